The van der Waals surface area contributed by atoms with Crippen LogP contribution >= 0.6 is 55.2 Å². The van der Waals surface area contributed by atoms with Crippen molar-refractivity contribution in [1.29, 1.82) is 0 Å². The third kappa shape index (κ3) is 2.60. The summed E-state index contributed by atoms with van der Waals surface area (Å²) in [5.74, 6) is 0. The molecular formula is C9H7Cl2NOS3. The van der Waals surface area contributed by atoms with Crippen LogP contribution in [0.5, 0.6) is 0 Å². The Morgan fingerprint density at radius 2 is 2.06 bits per heavy atom. The Labute approximate surface area is 114 Å². The first-order valence-electron chi connectivity index (χ1n) is 4.32. The van der Waals surface area contributed by atoms with Gasteiger partial charge in [-0.05, 0) is 22.5 Å². The van der Waals surface area contributed by atoms with Gasteiger partial charge in [-0.2, -0.15) is 0 Å². The summed E-state index contributed by atoms with van der Waals surface area (Å²) in [4.78, 5) is 14.4. The highest BCUT2D eigenvalue weighted by Gasteiger charge is 2.13. The Kier molecular flexibility index (Phi) is 3.92. The van der Waals surface area contributed by atoms with Gasteiger partial charge in [0.1, 0.15) is 10.0 Å². The number of hydrogen-bond acceptors (Lipinski definition) is 5. The van der Waals surface area contributed by atoms with Gasteiger partial charge in [0.05, 0.1) is 10.9 Å². The number of thiophene rings is 1. The van der Waals surface area contributed by atoms with Crippen molar-refractivity contribution in [2.45, 2.75) is 6.54 Å². The van der Waals surface area contributed by atoms with E-state index in [1.807, 2.05) is 24.1 Å². The highest BCUT2D eigenvalue weighted by atomic mass is 35.5. The summed E-state index contributed by atoms with van der Waals surface area (Å²) in [6.45, 7) is 0.712. The van der Waals surface area contributed by atoms with Crippen molar-refractivity contribution in [2.24, 2.45) is 0 Å². The predicted octanol–water partition coefficient (Wildman–Crippen LogP) is 4.17. The molecule has 2 nitrogen and oxygen atoms in total. The van der Waals surface area contributed by atoms with Crippen LogP contribution in [0, 0.1) is 0 Å². The Balaban J connectivity index is 2.17. The van der Waals surface area contributed by atoms with Crippen molar-refractivity contribution in [3.8, 4) is 0 Å². The average molecular weight is 312 g/mol. The van der Waals surface area contributed by atoms with Crippen molar-refractivity contribution in [3.63, 3.8) is 0 Å². The molecule has 0 aliphatic heterocycles. The number of anilines is 1. The lowest BCUT2D eigenvalue weighted by Crippen LogP contribution is -2.15. The van der Waals surface area contributed by atoms with Gasteiger partial charge in [-0.3, -0.25) is 4.79 Å². The second kappa shape index (κ2) is 5.06. The lowest BCUT2D eigenvalue weighted by Gasteiger charge is -2.15. The van der Waals surface area contributed by atoms with Crippen LogP contribution in [0.4, 0.5) is 5.00 Å². The molecule has 0 bridgehead atoms. The highest BCUT2D eigenvalue weighted by molar-refractivity contribution is 7.70. The minimum Gasteiger partial charge on any atom is -0.359 e. The van der Waals surface area contributed by atoms with E-state index in [-0.39, 0.29) is 4.74 Å². The number of nitrogens with zero attached hydrogens (tertiary/aromatic N) is 1. The molecule has 16 heavy (non-hydrogen) atoms. The molecule has 2 aromatic rings. The van der Waals surface area contributed by atoms with Gasteiger partial charge < -0.3 is 4.90 Å². The van der Waals surface area contributed by atoms with Gasteiger partial charge in [-0.25, -0.2) is 0 Å². The molecule has 0 amide bonds. The Bertz CT molecular complexity index is 545. The van der Waals surface area contributed by atoms with E-state index in [1.54, 1.807) is 0 Å². The van der Waals surface area contributed by atoms with Gasteiger partial charge in [-0.15, -0.1) is 11.3 Å². The third-order valence-corrected chi connectivity index (χ3v) is 6.01. The maximum Gasteiger partial charge on any atom is 0.263 e. The van der Waals surface area contributed by atoms with E-state index in [2.05, 4.69) is 0 Å². The molecule has 0 spiro atoms. The molecule has 0 saturated carbocycles. The Morgan fingerprint density at radius 1 is 1.31 bits per heavy atom. The molecule has 2 aromatic heterocycles. The van der Waals surface area contributed by atoms with Crippen LogP contribution in [0.1, 0.15) is 4.88 Å². The second-order valence-corrected chi connectivity index (χ2v) is 7.40. The van der Waals surface area contributed by atoms with Gasteiger partial charge in [0.25, 0.3) is 4.74 Å². The fourth-order valence-electron chi connectivity index (χ4n) is 1.21. The molecule has 7 heteroatoms. The fraction of sp³-hybridized carbons (Fsp3) is 0.222. The van der Waals surface area contributed by atoms with Gasteiger partial charge in [0.15, 0.2) is 0 Å². The van der Waals surface area contributed by atoms with Crippen LogP contribution in [0.2, 0.25) is 9.36 Å². The second-order valence-electron chi connectivity index (χ2n) is 3.14. The molecule has 0 aromatic carbocycles. The third-order valence-electron chi connectivity index (χ3n) is 1.93. The molecule has 86 valence electrons. The number of halogens is 2. The molecule has 0 radical (unpaired) electrons. The van der Waals surface area contributed by atoms with Crippen molar-refractivity contribution >= 4 is 60.2 Å². The van der Waals surface area contributed by atoms with Gasteiger partial charge in [0.2, 0.25) is 0 Å². The van der Waals surface area contributed by atoms with Crippen LogP contribution in [0.15, 0.2) is 16.9 Å². The minimum atomic E-state index is -0.0715. The van der Waals surface area contributed by atoms with E-state index in [0.29, 0.717) is 11.6 Å². The molecule has 2 heterocycles. The predicted molar refractivity (Wildman–Crippen MR) is 74.9 cm³/mol. The van der Waals surface area contributed by atoms with Gasteiger partial charge in [0, 0.05) is 11.9 Å². The maximum atomic E-state index is 11.3. The molecule has 0 saturated heterocycles. The minimum absolute atomic E-state index is 0.0715. The van der Waals surface area contributed by atoms with Crippen molar-refractivity contribution < 1.29 is 0 Å². The van der Waals surface area contributed by atoms with E-state index < -0.39 is 0 Å². The smallest absolute Gasteiger partial charge is 0.263 e. The Morgan fingerprint density at radius 3 is 2.56 bits per heavy atom. The maximum absolute atomic E-state index is 11.3. The van der Waals surface area contributed by atoms with Gasteiger partial charge >= 0.3 is 0 Å². The van der Waals surface area contributed by atoms with E-state index in [9.17, 15) is 4.79 Å². The van der Waals surface area contributed by atoms with Crippen LogP contribution in [0.25, 0.3) is 0 Å². The molecule has 0 N–H and O–H groups in total. The normalized spacial score (nSPS) is 10.7. The molecule has 2 rings (SSSR count). The summed E-state index contributed by atoms with van der Waals surface area (Å²) in [5, 5.41) is 1.14. The molecule has 0 aliphatic carbocycles. The molecular weight excluding hydrogens is 305 g/mol. The first-order chi connectivity index (χ1) is 7.58. The van der Waals surface area contributed by atoms with Crippen LogP contribution < -0.4 is 9.64 Å². The summed E-state index contributed by atoms with van der Waals surface area (Å²) in [6.07, 6.45) is 0. The first kappa shape index (κ1) is 12.4. The summed E-state index contributed by atoms with van der Waals surface area (Å²) >= 11 is 13.3. The standard InChI is InChI=1S/C9H7Cl2NOS3/c1-12(4-5-2-3-6(10)14-5)8-7(11)9(13)16-15-8/h2-3H,4H2,1H3. The van der Waals surface area contributed by atoms with Crippen molar-refractivity contribution in [1.82, 2.24) is 0 Å². The van der Waals surface area contributed by atoms with E-state index in [4.69, 9.17) is 23.2 Å². The first-order valence-corrected chi connectivity index (χ1v) is 8.04. The molecule has 0 aliphatic rings. The van der Waals surface area contributed by atoms with Crippen molar-refractivity contribution in [3.05, 3.63) is 35.9 Å². The number of rotatable bonds is 3. The van der Waals surface area contributed by atoms with Crippen LogP contribution in [-0.2, 0) is 6.54 Å². The average Bonchev–Trinajstić information content (AvgIpc) is 2.76. The van der Waals surface area contributed by atoms with Gasteiger partial charge in [-0.1, -0.05) is 33.5 Å². The van der Waals surface area contributed by atoms with Crippen LogP contribution in [-0.4, -0.2) is 7.05 Å². The number of hydrogen-bond donors (Lipinski definition) is 0. The zero-order valence-electron chi connectivity index (χ0n) is 8.20. The van der Waals surface area contributed by atoms with Crippen LogP contribution in [0.3, 0.4) is 0 Å². The monoisotopic (exact) mass is 311 g/mol. The van der Waals surface area contributed by atoms with E-state index in [0.717, 1.165) is 24.6 Å². The fourth-order valence-corrected chi connectivity index (χ4v) is 5.09. The Hall–Kier alpha value is -0.0700. The molecule has 0 atom stereocenters. The quantitative estimate of drug-likeness (QED) is 0.793. The van der Waals surface area contributed by atoms with Crippen molar-refractivity contribution in [2.75, 3.05) is 11.9 Å². The summed E-state index contributed by atoms with van der Waals surface area (Å²) < 4.78 is 0.700. The highest BCUT2D eigenvalue weighted by Crippen LogP contribution is 2.32. The molecule has 0 unspecified atom stereocenters. The SMILES string of the molecule is CN(Cc1ccc(Cl)s1)c1ssc(=O)c1Cl. The largest absolute Gasteiger partial charge is 0.359 e. The zero-order chi connectivity index (χ0) is 11.7. The summed E-state index contributed by atoms with van der Waals surface area (Å²) in [6, 6.07) is 3.85. The summed E-state index contributed by atoms with van der Waals surface area (Å²) in [7, 11) is 4.48. The lowest BCUT2D eigenvalue weighted by atomic mass is 10.4. The van der Waals surface area contributed by atoms with E-state index in [1.165, 1.54) is 21.7 Å². The lowest BCUT2D eigenvalue weighted by molar-refractivity contribution is 0.953. The zero-order valence-corrected chi connectivity index (χ0v) is 12.2. The molecule has 0 fully saturated rings. The van der Waals surface area contributed by atoms with E-state index >= 15 is 0 Å². The topological polar surface area (TPSA) is 20.3 Å². The summed E-state index contributed by atoms with van der Waals surface area (Å²) in [5.41, 5.74) is 0.